The number of para-hydroxylation sites is 1. The van der Waals surface area contributed by atoms with E-state index in [1.165, 1.54) is 0 Å². The molecule has 5 rings (SSSR count). The fraction of sp³-hybridized carbons (Fsp3) is 0.280. The van der Waals surface area contributed by atoms with E-state index < -0.39 is 0 Å². The molecule has 180 valence electrons. The standard InChI is InChI=1S/C25H27N7O3/c1-29(2)15-12-31(13-15)21-10-23(35-4)17(9-22(21)32(33)34)18-11-27-25(26)28-24(18)19-14-30(3)20-8-6-5-7-16(19)20/h5-11,14-15H,12-13H2,1-4H3,(H2,26,27,28). The summed E-state index contributed by atoms with van der Waals surface area (Å²) < 4.78 is 7.74. The Bertz CT molecular complexity index is 1440. The first kappa shape index (κ1) is 22.6. The largest absolute Gasteiger partial charge is 0.496 e. The molecule has 0 amide bonds. The van der Waals surface area contributed by atoms with Crippen LogP contribution in [0.5, 0.6) is 5.75 Å². The molecule has 10 nitrogen and oxygen atoms in total. The fourth-order valence-corrected chi connectivity index (χ4v) is 4.64. The summed E-state index contributed by atoms with van der Waals surface area (Å²) in [7, 11) is 7.54. The van der Waals surface area contributed by atoms with Crippen LogP contribution in [0.15, 0.2) is 48.8 Å². The summed E-state index contributed by atoms with van der Waals surface area (Å²) in [6.45, 7) is 1.42. The van der Waals surface area contributed by atoms with Gasteiger partial charge in [-0.05, 0) is 20.2 Å². The second-order valence-electron chi connectivity index (χ2n) is 8.98. The summed E-state index contributed by atoms with van der Waals surface area (Å²) in [6.07, 6.45) is 3.58. The molecule has 0 unspecified atom stereocenters. The molecule has 2 N–H and O–H groups in total. The van der Waals surface area contributed by atoms with Gasteiger partial charge in [0.25, 0.3) is 5.69 Å². The van der Waals surface area contributed by atoms with Gasteiger partial charge in [0.05, 0.1) is 17.7 Å². The molecule has 3 heterocycles. The van der Waals surface area contributed by atoms with Crippen molar-refractivity contribution >= 4 is 28.2 Å². The van der Waals surface area contributed by atoms with Gasteiger partial charge in [-0.25, -0.2) is 9.97 Å². The number of rotatable bonds is 6. The first-order valence-corrected chi connectivity index (χ1v) is 11.2. The third-order valence-corrected chi connectivity index (χ3v) is 6.68. The Kier molecular flexibility index (Phi) is 5.52. The Labute approximate surface area is 202 Å². The number of nitro benzene ring substituents is 1. The number of hydrogen-bond donors (Lipinski definition) is 1. The SMILES string of the molecule is COc1cc(N2CC(N(C)C)C2)c([N+](=O)[O-])cc1-c1cnc(N)nc1-c1cn(C)c2ccccc12. The van der Waals surface area contributed by atoms with Gasteiger partial charge in [-0.3, -0.25) is 10.1 Å². The highest BCUT2D eigenvalue weighted by molar-refractivity contribution is 6.00. The molecule has 4 aromatic rings. The monoisotopic (exact) mass is 473 g/mol. The van der Waals surface area contributed by atoms with Gasteiger partial charge in [-0.15, -0.1) is 0 Å². The van der Waals surface area contributed by atoms with Gasteiger partial charge < -0.3 is 24.8 Å². The van der Waals surface area contributed by atoms with Crippen molar-refractivity contribution in [3.8, 4) is 28.1 Å². The van der Waals surface area contributed by atoms with Crippen LogP contribution in [0.1, 0.15) is 0 Å². The van der Waals surface area contributed by atoms with E-state index >= 15 is 0 Å². The summed E-state index contributed by atoms with van der Waals surface area (Å²) in [5.41, 5.74) is 10.2. The predicted molar refractivity (Wildman–Crippen MR) is 137 cm³/mol. The second kappa shape index (κ2) is 8.55. The van der Waals surface area contributed by atoms with Crippen LogP contribution in [0.25, 0.3) is 33.3 Å². The third-order valence-electron chi connectivity index (χ3n) is 6.68. The first-order chi connectivity index (χ1) is 16.8. The molecule has 1 aliphatic heterocycles. The summed E-state index contributed by atoms with van der Waals surface area (Å²) in [5, 5.41) is 13.1. The van der Waals surface area contributed by atoms with Crippen molar-refractivity contribution in [2.45, 2.75) is 6.04 Å². The summed E-state index contributed by atoms with van der Waals surface area (Å²) in [6, 6.07) is 11.6. The van der Waals surface area contributed by atoms with Gasteiger partial charge in [0.15, 0.2) is 0 Å². The van der Waals surface area contributed by atoms with Gasteiger partial charge in [-0.1, -0.05) is 18.2 Å². The Hall–Kier alpha value is -4.18. The molecule has 0 spiro atoms. The molecule has 0 radical (unpaired) electrons. The number of likely N-dealkylation sites (N-methyl/N-ethyl adjacent to an activating group) is 1. The molecule has 1 aliphatic rings. The number of nitro groups is 1. The lowest BCUT2D eigenvalue weighted by atomic mass is 9.97. The molecule has 10 heteroatoms. The molecular formula is C25H27N7O3. The number of aryl methyl sites for hydroxylation is 1. The maximum atomic E-state index is 12.1. The van der Waals surface area contributed by atoms with Gasteiger partial charge in [-0.2, -0.15) is 0 Å². The van der Waals surface area contributed by atoms with Crippen LogP contribution in [0, 0.1) is 10.1 Å². The molecule has 2 aromatic carbocycles. The molecule has 35 heavy (non-hydrogen) atoms. The highest BCUT2D eigenvalue weighted by Gasteiger charge is 2.34. The smallest absolute Gasteiger partial charge is 0.293 e. The second-order valence-corrected chi connectivity index (χ2v) is 8.98. The van der Waals surface area contributed by atoms with Crippen molar-refractivity contribution in [1.82, 2.24) is 19.4 Å². The van der Waals surface area contributed by atoms with Gasteiger partial charge >= 0.3 is 0 Å². The van der Waals surface area contributed by atoms with Crippen molar-refractivity contribution in [3.63, 3.8) is 0 Å². The number of fused-ring (bicyclic) bond motifs is 1. The fourth-order valence-electron chi connectivity index (χ4n) is 4.64. The Morgan fingerprint density at radius 3 is 2.60 bits per heavy atom. The molecule has 0 atom stereocenters. The first-order valence-electron chi connectivity index (χ1n) is 11.2. The van der Waals surface area contributed by atoms with Crippen LogP contribution in [0.4, 0.5) is 17.3 Å². The van der Waals surface area contributed by atoms with Gasteiger partial charge in [0.1, 0.15) is 11.4 Å². The van der Waals surface area contributed by atoms with E-state index in [1.807, 2.05) is 61.1 Å². The number of benzene rings is 2. The number of nitrogens with two attached hydrogens (primary N) is 1. The lowest BCUT2D eigenvalue weighted by Gasteiger charge is -2.44. The zero-order valence-electron chi connectivity index (χ0n) is 20.1. The normalized spacial score (nSPS) is 13.9. The number of nitrogens with zero attached hydrogens (tertiary/aromatic N) is 6. The van der Waals surface area contributed by atoms with Crippen LogP contribution < -0.4 is 15.4 Å². The van der Waals surface area contributed by atoms with Crippen molar-refractivity contribution in [1.29, 1.82) is 0 Å². The van der Waals surface area contributed by atoms with Crippen LogP contribution >= 0.6 is 0 Å². The van der Waals surface area contributed by atoms with E-state index in [-0.39, 0.29) is 16.6 Å². The third kappa shape index (κ3) is 3.81. The molecule has 1 fully saturated rings. The van der Waals surface area contributed by atoms with Gasteiger partial charge in [0, 0.05) is 78.3 Å². The zero-order chi connectivity index (χ0) is 24.9. The molecular weight excluding hydrogens is 446 g/mol. The number of nitrogen functional groups attached to an aromatic ring is 1. The topological polar surface area (TPSA) is 116 Å². The maximum Gasteiger partial charge on any atom is 0.293 e. The van der Waals surface area contributed by atoms with Crippen LogP contribution in [-0.4, -0.2) is 64.7 Å². The van der Waals surface area contributed by atoms with E-state index in [1.54, 1.807) is 25.4 Å². The lowest BCUT2D eigenvalue weighted by molar-refractivity contribution is -0.384. The molecule has 0 bridgehead atoms. The molecule has 0 saturated carbocycles. The van der Waals surface area contributed by atoms with Crippen molar-refractivity contribution in [2.75, 3.05) is 44.9 Å². The van der Waals surface area contributed by atoms with Crippen molar-refractivity contribution in [2.24, 2.45) is 7.05 Å². The zero-order valence-corrected chi connectivity index (χ0v) is 20.1. The summed E-state index contributed by atoms with van der Waals surface area (Å²) in [5.74, 6) is 0.630. The Morgan fingerprint density at radius 2 is 1.91 bits per heavy atom. The van der Waals surface area contributed by atoms with Gasteiger partial charge in [0.2, 0.25) is 5.95 Å². The van der Waals surface area contributed by atoms with E-state index in [2.05, 4.69) is 14.9 Å². The maximum absolute atomic E-state index is 12.1. The van der Waals surface area contributed by atoms with Crippen molar-refractivity contribution < 1.29 is 9.66 Å². The van der Waals surface area contributed by atoms with E-state index in [9.17, 15) is 10.1 Å². The minimum atomic E-state index is -0.350. The Balaban J connectivity index is 1.69. The number of ether oxygens (including phenoxy) is 1. The van der Waals surface area contributed by atoms with E-state index in [0.717, 1.165) is 16.5 Å². The number of hydrogen-bond acceptors (Lipinski definition) is 8. The molecule has 2 aromatic heterocycles. The van der Waals surface area contributed by atoms with E-state index in [4.69, 9.17) is 10.5 Å². The minimum absolute atomic E-state index is 0.0127. The molecule has 1 saturated heterocycles. The highest BCUT2D eigenvalue weighted by atomic mass is 16.6. The van der Waals surface area contributed by atoms with Crippen molar-refractivity contribution in [3.05, 3.63) is 58.9 Å². The minimum Gasteiger partial charge on any atom is -0.496 e. The summed E-state index contributed by atoms with van der Waals surface area (Å²) in [4.78, 5) is 24.7. The quantitative estimate of drug-likeness (QED) is 0.334. The number of aromatic nitrogens is 3. The average Bonchev–Trinajstić information content (AvgIpc) is 3.14. The average molecular weight is 474 g/mol. The number of methoxy groups -OCH3 is 1. The Morgan fingerprint density at radius 1 is 1.17 bits per heavy atom. The van der Waals surface area contributed by atoms with E-state index in [0.29, 0.717) is 47.4 Å². The molecule has 0 aliphatic carbocycles. The predicted octanol–water partition coefficient (Wildman–Crippen LogP) is 3.55. The van der Waals surface area contributed by atoms with Crippen LogP contribution in [0.3, 0.4) is 0 Å². The highest BCUT2D eigenvalue weighted by Crippen LogP contribution is 2.45. The van der Waals surface area contributed by atoms with Crippen LogP contribution in [0.2, 0.25) is 0 Å². The number of anilines is 2. The van der Waals surface area contributed by atoms with Crippen LogP contribution in [-0.2, 0) is 7.05 Å². The summed E-state index contributed by atoms with van der Waals surface area (Å²) >= 11 is 0. The lowest BCUT2D eigenvalue weighted by Crippen LogP contribution is -2.57.